The van der Waals surface area contributed by atoms with E-state index in [0.29, 0.717) is 6.42 Å². The molecular weight excluding hydrogens is 266 g/mol. The molecule has 0 saturated heterocycles. The van der Waals surface area contributed by atoms with Crippen LogP contribution in [0.25, 0.3) is 0 Å². The lowest BCUT2D eigenvalue weighted by atomic mass is 10.1. The molecule has 1 N–H and O–H groups in total. The van der Waals surface area contributed by atoms with Crippen molar-refractivity contribution in [3.8, 4) is 5.75 Å². The van der Waals surface area contributed by atoms with Crippen molar-refractivity contribution in [1.29, 1.82) is 0 Å². The Morgan fingerprint density at radius 1 is 1.19 bits per heavy atom. The summed E-state index contributed by atoms with van der Waals surface area (Å²) in [6.07, 6.45) is 1.96. The molecule has 0 aromatic heterocycles. The maximum absolute atomic E-state index is 11.3. The summed E-state index contributed by atoms with van der Waals surface area (Å²) in [5.74, 6) is -0.171. The second-order valence-corrected chi connectivity index (χ2v) is 4.60. The minimum absolute atomic E-state index is 0.378. The van der Waals surface area contributed by atoms with Gasteiger partial charge in [-0.2, -0.15) is 0 Å². The third-order valence-electron chi connectivity index (χ3n) is 3.08. The van der Waals surface area contributed by atoms with Gasteiger partial charge in [-0.1, -0.05) is 30.3 Å². The van der Waals surface area contributed by atoms with Gasteiger partial charge in [0.2, 0.25) is 0 Å². The molecule has 0 fully saturated rings. The highest BCUT2D eigenvalue weighted by atomic mass is 16.5. The van der Waals surface area contributed by atoms with E-state index < -0.39 is 12.0 Å². The summed E-state index contributed by atoms with van der Waals surface area (Å²) in [5.41, 5.74) is 1.80. The molecule has 2 aromatic rings. The first kappa shape index (κ1) is 14.8. The fourth-order valence-corrected chi connectivity index (χ4v) is 1.91. The van der Waals surface area contributed by atoms with E-state index in [0.717, 1.165) is 16.9 Å². The summed E-state index contributed by atoms with van der Waals surface area (Å²) in [6.45, 7) is 0. The van der Waals surface area contributed by atoms with Crippen LogP contribution in [0.2, 0.25) is 0 Å². The van der Waals surface area contributed by atoms with Crippen molar-refractivity contribution in [1.82, 2.24) is 0 Å². The molecule has 4 heteroatoms. The van der Waals surface area contributed by atoms with Gasteiger partial charge < -0.3 is 9.84 Å². The van der Waals surface area contributed by atoms with Crippen molar-refractivity contribution >= 4 is 12.2 Å². The van der Waals surface area contributed by atoms with Crippen LogP contribution in [-0.2, 0) is 11.2 Å². The Morgan fingerprint density at radius 3 is 2.43 bits per heavy atom. The van der Waals surface area contributed by atoms with Gasteiger partial charge in [-0.15, -0.1) is 0 Å². The highest BCUT2D eigenvalue weighted by Gasteiger charge is 2.15. The lowest BCUT2D eigenvalue weighted by Crippen LogP contribution is -2.20. The number of methoxy groups -OCH3 is 1. The number of carboxylic acid groups (broad SMARTS) is 1. The number of aliphatic imine (C=N–C) groups is 1. The van der Waals surface area contributed by atoms with E-state index in [1.165, 1.54) is 0 Å². The van der Waals surface area contributed by atoms with Crippen LogP contribution in [0.1, 0.15) is 11.1 Å². The Labute approximate surface area is 123 Å². The molecule has 0 aliphatic heterocycles. The second-order valence-electron chi connectivity index (χ2n) is 4.60. The number of hydrogen-bond donors (Lipinski definition) is 1. The van der Waals surface area contributed by atoms with E-state index >= 15 is 0 Å². The van der Waals surface area contributed by atoms with E-state index in [9.17, 15) is 9.90 Å². The van der Waals surface area contributed by atoms with Crippen LogP contribution in [0.5, 0.6) is 5.75 Å². The van der Waals surface area contributed by atoms with Crippen LogP contribution < -0.4 is 4.74 Å². The average molecular weight is 283 g/mol. The fraction of sp³-hybridized carbons (Fsp3) is 0.176. The third kappa shape index (κ3) is 4.45. The lowest BCUT2D eigenvalue weighted by Gasteiger charge is -2.07. The normalized spacial score (nSPS) is 12.2. The summed E-state index contributed by atoms with van der Waals surface area (Å²) in [4.78, 5) is 15.5. The summed E-state index contributed by atoms with van der Waals surface area (Å²) < 4.78 is 5.07. The quantitative estimate of drug-likeness (QED) is 0.829. The lowest BCUT2D eigenvalue weighted by molar-refractivity contribution is -0.138. The molecule has 0 aliphatic rings. The minimum Gasteiger partial charge on any atom is -0.497 e. The van der Waals surface area contributed by atoms with Crippen LogP contribution >= 0.6 is 0 Å². The van der Waals surface area contributed by atoms with Gasteiger partial charge in [0, 0.05) is 12.6 Å². The van der Waals surface area contributed by atoms with Crippen molar-refractivity contribution in [3.63, 3.8) is 0 Å². The zero-order valence-electron chi connectivity index (χ0n) is 11.8. The van der Waals surface area contributed by atoms with Crippen molar-refractivity contribution in [3.05, 3.63) is 65.7 Å². The van der Waals surface area contributed by atoms with Crippen LogP contribution in [-0.4, -0.2) is 30.4 Å². The van der Waals surface area contributed by atoms with Crippen molar-refractivity contribution < 1.29 is 14.6 Å². The Morgan fingerprint density at radius 2 is 1.86 bits per heavy atom. The number of nitrogens with zero attached hydrogens (tertiary/aromatic N) is 1. The van der Waals surface area contributed by atoms with E-state index in [4.69, 9.17) is 4.74 Å². The molecule has 1 unspecified atom stereocenters. The molecular formula is C17H17NO3. The molecule has 108 valence electrons. The Hall–Kier alpha value is -2.62. The summed E-state index contributed by atoms with van der Waals surface area (Å²) >= 11 is 0. The average Bonchev–Trinajstić information content (AvgIpc) is 2.52. The Balaban J connectivity index is 2.08. The van der Waals surface area contributed by atoms with Crippen molar-refractivity contribution in [2.75, 3.05) is 7.11 Å². The van der Waals surface area contributed by atoms with Crippen LogP contribution in [0.3, 0.4) is 0 Å². The van der Waals surface area contributed by atoms with E-state index in [-0.39, 0.29) is 0 Å². The number of carboxylic acids is 1. The fourth-order valence-electron chi connectivity index (χ4n) is 1.91. The first-order chi connectivity index (χ1) is 10.2. The molecule has 0 saturated carbocycles. The molecule has 0 radical (unpaired) electrons. The van der Waals surface area contributed by atoms with Gasteiger partial charge in [-0.3, -0.25) is 4.99 Å². The first-order valence-corrected chi connectivity index (χ1v) is 6.63. The number of ether oxygens (including phenoxy) is 1. The molecule has 0 heterocycles. The largest absolute Gasteiger partial charge is 0.497 e. The Bertz CT molecular complexity index is 606. The molecule has 0 amide bonds. The zero-order valence-corrected chi connectivity index (χ0v) is 11.8. The predicted molar refractivity (Wildman–Crippen MR) is 82.2 cm³/mol. The first-order valence-electron chi connectivity index (χ1n) is 6.63. The molecule has 0 aliphatic carbocycles. The number of hydrogen-bond acceptors (Lipinski definition) is 3. The molecule has 0 bridgehead atoms. The van der Waals surface area contributed by atoms with E-state index in [1.54, 1.807) is 13.3 Å². The van der Waals surface area contributed by atoms with Crippen LogP contribution in [0.4, 0.5) is 0 Å². The third-order valence-corrected chi connectivity index (χ3v) is 3.08. The maximum Gasteiger partial charge on any atom is 0.328 e. The monoisotopic (exact) mass is 283 g/mol. The summed E-state index contributed by atoms with van der Waals surface area (Å²) in [6, 6.07) is 16.0. The molecule has 21 heavy (non-hydrogen) atoms. The van der Waals surface area contributed by atoms with Gasteiger partial charge in [0.25, 0.3) is 0 Å². The number of aliphatic carboxylic acids is 1. The maximum atomic E-state index is 11.3. The van der Waals surface area contributed by atoms with Gasteiger partial charge in [0.15, 0.2) is 6.04 Å². The van der Waals surface area contributed by atoms with Gasteiger partial charge >= 0.3 is 5.97 Å². The van der Waals surface area contributed by atoms with E-state index in [1.807, 2.05) is 54.6 Å². The standard InChI is InChI=1S/C17H17NO3/c1-21-15-9-7-14(8-10-15)12-18-16(17(19)20)11-13-5-3-2-4-6-13/h2-10,12,16H,11H2,1H3,(H,19,20). The molecule has 1 atom stereocenters. The highest BCUT2D eigenvalue weighted by molar-refractivity contribution is 5.83. The Kier molecular flexibility index (Phi) is 5.10. The molecule has 0 spiro atoms. The second kappa shape index (κ2) is 7.24. The van der Waals surface area contributed by atoms with Gasteiger partial charge in [0.1, 0.15) is 5.75 Å². The number of benzene rings is 2. The smallest absolute Gasteiger partial charge is 0.328 e. The van der Waals surface area contributed by atoms with Crippen LogP contribution in [0, 0.1) is 0 Å². The van der Waals surface area contributed by atoms with Crippen molar-refractivity contribution in [2.45, 2.75) is 12.5 Å². The zero-order chi connectivity index (χ0) is 15.1. The van der Waals surface area contributed by atoms with Gasteiger partial charge in [0.05, 0.1) is 7.11 Å². The van der Waals surface area contributed by atoms with Gasteiger partial charge in [-0.25, -0.2) is 4.79 Å². The van der Waals surface area contributed by atoms with Crippen LogP contribution in [0.15, 0.2) is 59.6 Å². The molecule has 2 aromatic carbocycles. The SMILES string of the molecule is COc1ccc(C=NC(Cc2ccccc2)C(=O)O)cc1. The van der Waals surface area contributed by atoms with Gasteiger partial charge in [-0.05, 0) is 35.4 Å². The predicted octanol–water partition coefficient (Wildman–Crippen LogP) is 2.81. The molecule has 2 rings (SSSR count). The minimum atomic E-state index is -0.927. The number of carbonyl (C=O) groups is 1. The van der Waals surface area contributed by atoms with Crippen molar-refractivity contribution in [2.24, 2.45) is 4.99 Å². The van der Waals surface area contributed by atoms with E-state index in [2.05, 4.69) is 4.99 Å². The number of rotatable bonds is 6. The summed E-state index contributed by atoms with van der Waals surface area (Å²) in [7, 11) is 1.60. The topological polar surface area (TPSA) is 58.9 Å². The highest BCUT2D eigenvalue weighted by Crippen LogP contribution is 2.11. The summed E-state index contributed by atoms with van der Waals surface area (Å²) in [5, 5.41) is 9.26. The molecule has 4 nitrogen and oxygen atoms in total.